The lowest BCUT2D eigenvalue weighted by molar-refractivity contribution is -0.134. The van der Waals surface area contributed by atoms with Crippen molar-refractivity contribution in [2.24, 2.45) is 11.8 Å². The Morgan fingerprint density at radius 1 is 1.25 bits per heavy atom. The van der Waals surface area contributed by atoms with Gasteiger partial charge in [0.05, 0.1) is 40.3 Å². The van der Waals surface area contributed by atoms with Crippen LogP contribution in [0.25, 0.3) is 10.9 Å². The maximum Gasteiger partial charge on any atom is 0.240 e. The molecule has 3 saturated heterocycles. The van der Waals surface area contributed by atoms with Crippen molar-refractivity contribution in [2.45, 2.75) is 76.0 Å². The smallest absolute Gasteiger partial charge is 0.240 e. The van der Waals surface area contributed by atoms with Crippen LogP contribution in [-0.2, 0) is 18.8 Å². The van der Waals surface area contributed by atoms with Crippen molar-refractivity contribution in [1.82, 2.24) is 4.98 Å². The number of pyridine rings is 1. The highest BCUT2D eigenvalue weighted by molar-refractivity contribution is 6.74. The van der Waals surface area contributed by atoms with Crippen LogP contribution in [0.5, 0.6) is 0 Å². The molecular weight excluding hydrogens is 474 g/mol. The molecule has 36 heavy (non-hydrogen) atoms. The molecule has 0 radical (unpaired) electrons. The molecule has 3 fully saturated rings. The van der Waals surface area contributed by atoms with Crippen molar-refractivity contribution >= 4 is 36.7 Å². The molecule has 5 atom stereocenters. The molecule has 0 aliphatic carbocycles. The maximum atomic E-state index is 14.0. The number of benzene rings is 1. The Morgan fingerprint density at radius 2 is 1.94 bits per heavy atom. The minimum Gasteiger partial charge on any atom is -0.417 e. The van der Waals surface area contributed by atoms with Crippen molar-refractivity contribution in [1.29, 1.82) is 5.26 Å². The zero-order valence-electron chi connectivity index (χ0n) is 21.7. The summed E-state index contributed by atoms with van der Waals surface area (Å²) >= 11 is 0. The monoisotopic (exact) mass is 507 g/mol. The van der Waals surface area contributed by atoms with Gasteiger partial charge < -0.3 is 14.3 Å². The summed E-state index contributed by atoms with van der Waals surface area (Å²) in [6, 6.07) is 8.82. The summed E-state index contributed by atoms with van der Waals surface area (Å²) in [5.74, 6) is -2.20. The fraction of sp³-hybridized carbons (Fsp3) is 0.556. The number of hydrogen-bond acceptors (Lipinski definition) is 7. The lowest BCUT2D eigenvalue weighted by atomic mass is 9.66. The number of amides is 2. The van der Waals surface area contributed by atoms with E-state index < -0.39 is 37.5 Å². The van der Waals surface area contributed by atoms with Gasteiger partial charge in [-0.25, -0.2) is 4.90 Å². The standard InChI is InChI=1S/C27H33N3O5Si/c1-25(2,3)36(5,6)34-13-11-27-14-19(31)26(4,35-27)20-21(27)24(33)30(23(20)32)18-10-9-16(15-28)22-17(18)8-7-12-29-22/h7-10,12,19-21,31H,11,13-14H2,1-6H3/t19-,20-,21+,26-,27+/m0/s1. The predicted octanol–water partition coefficient (Wildman–Crippen LogP) is 3.92. The summed E-state index contributed by atoms with van der Waals surface area (Å²) in [7, 11) is -2.03. The molecule has 1 aromatic heterocycles. The Bertz CT molecular complexity index is 1310. The topological polar surface area (TPSA) is 113 Å². The fourth-order valence-electron chi connectivity index (χ4n) is 6.00. The maximum absolute atomic E-state index is 14.0. The molecule has 3 aliphatic heterocycles. The SMILES string of the molecule is CC(C)(C)[Si](C)(C)OCC[C@]12C[C@H](O)[C@](C)(O1)[C@@H]1C(=O)N(c3ccc(C#N)c4ncccc34)C(=O)[C@@H]12. The summed E-state index contributed by atoms with van der Waals surface area (Å²) in [4.78, 5) is 33.4. The van der Waals surface area contributed by atoms with Crippen LogP contribution in [-0.4, -0.2) is 54.1 Å². The van der Waals surface area contributed by atoms with Gasteiger partial charge in [0.25, 0.3) is 0 Å². The van der Waals surface area contributed by atoms with Crippen LogP contribution in [0, 0.1) is 23.2 Å². The van der Waals surface area contributed by atoms with E-state index in [1.807, 2.05) is 0 Å². The molecule has 0 saturated carbocycles. The number of nitriles is 1. The normalized spacial score (nSPS) is 31.8. The number of hydrogen-bond donors (Lipinski definition) is 1. The molecule has 4 heterocycles. The first-order chi connectivity index (χ1) is 16.8. The van der Waals surface area contributed by atoms with Crippen LogP contribution in [0.3, 0.4) is 0 Å². The van der Waals surface area contributed by atoms with E-state index in [9.17, 15) is 20.0 Å². The average Bonchev–Trinajstić information content (AvgIpc) is 3.33. The zero-order valence-corrected chi connectivity index (χ0v) is 22.7. The highest BCUT2D eigenvalue weighted by Crippen LogP contribution is 2.62. The van der Waals surface area contributed by atoms with Gasteiger partial charge in [-0.05, 0) is 55.7 Å². The van der Waals surface area contributed by atoms with E-state index in [-0.39, 0.29) is 23.3 Å². The van der Waals surface area contributed by atoms with Gasteiger partial charge in [0.1, 0.15) is 11.7 Å². The molecule has 3 aliphatic rings. The summed E-state index contributed by atoms with van der Waals surface area (Å²) in [5.41, 5.74) is -0.893. The number of rotatable bonds is 5. The predicted molar refractivity (Wildman–Crippen MR) is 137 cm³/mol. The molecule has 0 spiro atoms. The van der Waals surface area contributed by atoms with Gasteiger partial charge in [0.15, 0.2) is 8.32 Å². The number of ether oxygens (including phenoxy) is 1. The molecule has 1 N–H and O–H groups in total. The molecule has 1 aromatic carbocycles. The van der Waals surface area contributed by atoms with E-state index in [1.165, 1.54) is 4.90 Å². The van der Waals surface area contributed by atoms with Gasteiger partial charge >= 0.3 is 0 Å². The second kappa shape index (κ2) is 7.93. The number of fused-ring (bicyclic) bond motifs is 6. The lowest BCUT2D eigenvalue weighted by Gasteiger charge is -2.38. The minimum atomic E-state index is -2.03. The number of aromatic nitrogens is 1. The Morgan fingerprint density at radius 3 is 2.61 bits per heavy atom. The number of anilines is 1. The second-order valence-electron chi connectivity index (χ2n) is 12.0. The molecule has 2 aromatic rings. The Balaban J connectivity index is 1.52. The molecule has 0 unspecified atom stereocenters. The first kappa shape index (κ1) is 25.0. The first-order valence-corrected chi connectivity index (χ1v) is 15.4. The average molecular weight is 508 g/mol. The van der Waals surface area contributed by atoms with E-state index in [4.69, 9.17) is 9.16 Å². The lowest BCUT2D eigenvalue weighted by Crippen LogP contribution is -2.50. The van der Waals surface area contributed by atoms with Crippen molar-refractivity contribution in [2.75, 3.05) is 11.5 Å². The van der Waals surface area contributed by atoms with Crippen molar-refractivity contribution in [3.63, 3.8) is 0 Å². The van der Waals surface area contributed by atoms with E-state index in [1.54, 1.807) is 37.4 Å². The van der Waals surface area contributed by atoms with E-state index in [0.29, 0.717) is 35.2 Å². The van der Waals surface area contributed by atoms with Crippen molar-refractivity contribution < 1.29 is 23.9 Å². The zero-order chi connectivity index (χ0) is 26.3. The molecule has 9 heteroatoms. The Kier molecular flexibility index (Phi) is 5.51. The summed E-state index contributed by atoms with van der Waals surface area (Å²) in [6.07, 6.45) is 1.44. The number of aliphatic hydroxyl groups is 1. The highest BCUT2D eigenvalue weighted by atomic mass is 28.4. The first-order valence-electron chi connectivity index (χ1n) is 12.5. The third kappa shape index (κ3) is 3.32. The Labute approximate surface area is 212 Å². The number of aliphatic hydroxyl groups excluding tert-OH is 1. The number of carbonyl (C=O) groups is 2. The Hall–Kier alpha value is -2.64. The molecule has 2 bridgehead atoms. The van der Waals surface area contributed by atoms with Crippen LogP contribution in [0.2, 0.25) is 18.1 Å². The van der Waals surface area contributed by atoms with Gasteiger partial charge in [-0.1, -0.05) is 20.8 Å². The molecule has 190 valence electrons. The summed E-state index contributed by atoms with van der Waals surface area (Å²) < 4.78 is 12.8. The van der Waals surface area contributed by atoms with Crippen molar-refractivity contribution in [3.05, 3.63) is 36.0 Å². The molecule has 8 nitrogen and oxygen atoms in total. The van der Waals surface area contributed by atoms with Gasteiger partial charge in [-0.15, -0.1) is 0 Å². The molecular formula is C27H33N3O5Si. The summed E-state index contributed by atoms with van der Waals surface area (Å²) in [5, 5.41) is 21.1. The number of imide groups is 1. The van der Waals surface area contributed by atoms with Crippen LogP contribution in [0.4, 0.5) is 5.69 Å². The summed E-state index contributed by atoms with van der Waals surface area (Å²) in [6.45, 7) is 13.0. The van der Waals surface area contributed by atoms with Crippen LogP contribution in [0.1, 0.15) is 46.1 Å². The van der Waals surface area contributed by atoms with Crippen LogP contribution in [0.15, 0.2) is 30.5 Å². The quantitative estimate of drug-likeness (QED) is 0.482. The second-order valence-corrected chi connectivity index (χ2v) is 16.8. The highest BCUT2D eigenvalue weighted by Gasteiger charge is 2.77. The van der Waals surface area contributed by atoms with Crippen molar-refractivity contribution in [3.8, 4) is 6.07 Å². The van der Waals surface area contributed by atoms with Crippen LogP contribution < -0.4 is 4.90 Å². The number of nitrogens with zero attached hydrogens (tertiary/aromatic N) is 3. The van der Waals surface area contributed by atoms with E-state index in [0.717, 1.165) is 0 Å². The van der Waals surface area contributed by atoms with Gasteiger partial charge in [-0.3, -0.25) is 14.6 Å². The van der Waals surface area contributed by atoms with Gasteiger partial charge in [-0.2, -0.15) is 5.26 Å². The molecule has 5 rings (SSSR count). The minimum absolute atomic E-state index is 0.0358. The van der Waals surface area contributed by atoms with Gasteiger partial charge in [0.2, 0.25) is 11.8 Å². The van der Waals surface area contributed by atoms with E-state index >= 15 is 0 Å². The van der Waals surface area contributed by atoms with E-state index in [2.05, 4.69) is 44.9 Å². The van der Waals surface area contributed by atoms with Gasteiger partial charge in [0, 0.05) is 24.6 Å². The molecule has 2 amide bonds. The number of carbonyl (C=O) groups excluding carboxylic acids is 2. The third-order valence-electron chi connectivity index (χ3n) is 9.02. The fourth-order valence-corrected chi connectivity index (χ4v) is 7.05. The third-order valence-corrected chi connectivity index (χ3v) is 13.6. The van der Waals surface area contributed by atoms with Crippen LogP contribution >= 0.6 is 0 Å². The largest absolute Gasteiger partial charge is 0.417 e.